The molecular weight excluding hydrogens is 248 g/mol. The summed E-state index contributed by atoms with van der Waals surface area (Å²) in [6, 6.07) is -0.612. The van der Waals surface area contributed by atoms with Crippen molar-refractivity contribution in [2.75, 3.05) is 13.7 Å². The maximum absolute atomic E-state index is 11.6. The number of methoxy groups -OCH3 is 1. The monoisotopic (exact) mass is 268 g/mol. The van der Waals surface area contributed by atoms with Gasteiger partial charge < -0.3 is 14.2 Å². The number of nitrogens with zero attached hydrogens (tertiary/aromatic N) is 2. The van der Waals surface area contributed by atoms with Crippen LogP contribution in [0.3, 0.4) is 0 Å². The van der Waals surface area contributed by atoms with Crippen LogP contribution in [0.5, 0.6) is 0 Å². The van der Waals surface area contributed by atoms with Gasteiger partial charge in [0.1, 0.15) is 17.6 Å². The van der Waals surface area contributed by atoms with Crippen LogP contribution in [0.2, 0.25) is 0 Å². The van der Waals surface area contributed by atoms with Crippen LogP contribution in [0.4, 0.5) is 0 Å². The minimum atomic E-state index is -0.612. The molecule has 0 bridgehead atoms. The van der Waals surface area contributed by atoms with E-state index in [1.165, 1.54) is 7.11 Å². The minimum absolute atomic E-state index is 0.0742. The Kier molecular flexibility index (Phi) is 3.52. The minimum Gasteiger partial charge on any atom is -0.475 e. The van der Waals surface area contributed by atoms with Crippen molar-refractivity contribution >= 4 is 17.8 Å². The van der Waals surface area contributed by atoms with Crippen LogP contribution < -0.4 is 0 Å². The lowest BCUT2D eigenvalue weighted by molar-refractivity contribution is -0.143. The Hall–Kier alpha value is -1.59. The van der Waals surface area contributed by atoms with Crippen molar-refractivity contribution < 1.29 is 19.0 Å². The summed E-state index contributed by atoms with van der Waals surface area (Å²) in [5.74, 6) is 0.695. The molecule has 0 N–H and O–H groups in total. The lowest BCUT2D eigenvalue weighted by Crippen LogP contribution is -2.35. The molecule has 0 saturated heterocycles. The number of aliphatic imine (C=N–C) groups is 2. The van der Waals surface area contributed by atoms with Gasteiger partial charge in [-0.1, -0.05) is 0 Å². The lowest BCUT2D eigenvalue weighted by Gasteiger charge is -2.24. The third-order valence-electron chi connectivity index (χ3n) is 3.32. The van der Waals surface area contributed by atoms with E-state index in [2.05, 4.69) is 9.98 Å². The Bertz CT molecular complexity index is 442. The van der Waals surface area contributed by atoms with Crippen molar-refractivity contribution in [1.82, 2.24) is 0 Å². The Morgan fingerprint density at radius 1 is 1.32 bits per heavy atom. The fourth-order valence-corrected chi connectivity index (χ4v) is 2.09. The van der Waals surface area contributed by atoms with Crippen molar-refractivity contribution in [3.8, 4) is 0 Å². The number of hydrogen-bond donors (Lipinski definition) is 0. The van der Waals surface area contributed by atoms with Crippen molar-refractivity contribution in [3.05, 3.63) is 0 Å². The second-order valence-electron chi connectivity index (χ2n) is 5.42. The second-order valence-corrected chi connectivity index (χ2v) is 5.42. The van der Waals surface area contributed by atoms with Crippen LogP contribution in [0.1, 0.15) is 27.7 Å². The fraction of sp³-hybridized carbons (Fsp3) is 0.769. The largest absolute Gasteiger partial charge is 0.475 e. The van der Waals surface area contributed by atoms with Crippen LogP contribution in [-0.4, -0.2) is 49.7 Å². The van der Waals surface area contributed by atoms with Crippen molar-refractivity contribution in [3.63, 3.8) is 0 Å². The van der Waals surface area contributed by atoms with E-state index in [1.807, 2.05) is 20.8 Å². The summed E-state index contributed by atoms with van der Waals surface area (Å²) in [6.45, 7) is 8.25. The number of esters is 1. The van der Waals surface area contributed by atoms with E-state index in [0.29, 0.717) is 18.3 Å². The zero-order valence-electron chi connectivity index (χ0n) is 12.0. The van der Waals surface area contributed by atoms with Crippen molar-refractivity contribution in [2.45, 2.75) is 45.9 Å². The molecule has 0 unspecified atom stereocenters. The molecule has 2 aliphatic rings. The molecular formula is C13H20N2O4. The zero-order valence-corrected chi connectivity index (χ0v) is 12.0. The smallest absolute Gasteiger partial charge is 0.334 e. The van der Waals surface area contributed by atoms with Crippen LogP contribution in [0.25, 0.3) is 0 Å². The summed E-state index contributed by atoms with van der Waals surface area (Å²) in [5.41, 5.74) is -0.568. The molecule has 2 aliphatic heterocycles. The summed E-state index contributed by atoms with van der Waals surface area (Å²) in [5, 5.41) is 0. The summed E-state index contributed by atoms with van der Waals surface area (Å²) in [6.07, 6.45) is -0.258. The van der Waals surface area contributed by atoms with E-state index in [9.17, 15) is 4.79 Å². The second kappa shape index (κ2) is 4.83. The molecule has 0 aromatic carbocycles. The highest BCUT2D eigenvalue weighted by atomic mass is 16.5. The molecule has 2 heterocycles. The highest BCUT2D eigenvalue weighted by Crippen LogP contribution is 2.31. The predicted octanol–water partition coefficient (Wildman–Crippen LogP) is 1.19. The topological polar surface area (TPSA) is 69.5 Å². The first-order valence-corrected chi connectivity index (χ1v) is 6.40. The third-order valence-corrected chi connectivity index (χ3v) is 3.32. The molecule has 0 radical (unpaired) electrons. The average molecular weight is 268 g/mol. The first kappa shape index (κ1) is 13.8. The van der Waals surface area contributed by atoms with E-state index in [-0.39, 0.29) is 18.2 Å². The van der Waals surface area contributed by atoms with Gasteiger partial charge in [-0.15, -0.1) is 0 Å². The van der Waals surface area contributed by atoms with Crippen molar-refractivity contribution in [1.29, 1.82) is 0 Å². The summed E-state index contributed by atoms with van der Waals surface area (Å²) < 4.78 is 16.1. The number of ether oxygens (including phenoxy) is 3. The Morgan fingerprint density at radius 2 is 2.00 bits per heavy atom. The van der Waals surface area contributed by atoms with Crippen LogP contribution in [0, 0.1) is 5.41 Å². The molecule has 0 spiro atoms. The van der Waals surface area contributed by atoms with Gasteiger partial charge in [-0.25, -0.2) is 9.79 Å². The molecule has 0 aromatic rings. The summed E-state index contributed by atoms with van der Waals surface area (Å²) >= 11 is 0. The molecule has 0 aromatic heterocycles. The average Bonchev–Trinajstić information content (AvgIpc) is 2.95. The van der Waals surface area contributed by atoms with Crippen molar-refractivity contribution in [2.24, 2.45) is 15.4 Å². The van der Waals surface area contributed by atoms with E-state index in [0.717, 1.165) is 0 Å². The molecule has 6 nitrogen and oxygen atoms in total. The van der Waals surface area contributed by atoms with Gasteiger partial charge in [0.25, 0.3) is 0 Å². The molecule has 19 heavy (non-hydrogen) atoms. The number of carbonyl (C=O) groups is 1. The summed E-state index contributed by atoms with van der Waals surface area (Å²) in [4.78, 5) is 20.3. The van der Waals surface area contributed by atoms with Gasteiger partial charge in [0.15, 0.2) is 17.8 Å². The predicted molar refractivity (Wildman–Crippen MR) is 70.4 cm³/mol. The number of rotatable bonds is 3. The number of hydrogen-bond acceptors (Lipinski definition) is 6. The molecule has 0 saturated carbocycles. The first-order valence-electron chi connectivity index (χ1n) is 6.40. The molecule has 2 rings (SSSR count). The van der Waals surface area contributed by atoms with Crippen LogP contribution >= 0.6 is 0 Å². The Balaban J connectivity index is 2.20. The van der Waals surface area contributed by atoms with Gasteiger partial charge in [-0.05, 0) is 27.7 Å². The van der Waals surface area contributed by atoms with Gasteiger partial charge >= 0.3 is 5.97 Å². The number of carbonyl (C=O) groups excluding carboxylic acids is 1. The quantitative estimate of drug-likeness (QED) is 0.721. The van der Waals surface area contributed by atoms with Gasteiger partial charge in [-0.2, -0.15) is 0 Å². The molecule has 6 heteroatoms. The van der Waals surface area contributed by atoms with Gasteiger partial charge in [0, 0.05) is 0 Å². The maximum Gasteiger partial charge on any atom is 0.334 e. The van der Waals surface area contributed by atoms with E-state index in [4.69, 9.17) is 14.2 Å². The Morgan fingerprint density at radius 3 is 2.53 bits per heavy atom. The molecule has 0 aliphatic carbocycles. The molecule has 0 amide bonds. The normalized spacial score (nSPS) is 30.3. The van der Waals surface area contributed by atoms with E-state index >= 15 is 0 Å². The highest BCUT2D eigenvalue weighted by Gasteiger charge is 2.45. The van der Waals surface area contributed by atoms with E-state index in [1.54, 1.807) is 6.92 Å². The van der Waals surface area contributed by atoms with Gasteiger partial charge in [-0.3, -0.25) is 4.99 Å². The Labute approximate surface area is 112 Å². The standard InChI is InChI=1S/C13H20N2O4/c1-7-6-14-11(18-7)13(3,4)12-15-9(8(2)19-12)10(16)17-5/h7-9H,6H2,1-5H3/t7-,8-,9+/m1/s1. The lowest BCUT2D eigenvalue weighted by atomic mass is 9.93. The molecule has 106 valence electrons. The molecule has 0 fully saturated rings. The zero-order chi connectivity index (χ0) is 14.2. The summed E-state index contributed by atoms with van der Waals surface area (Å²) in [7, 11) is 1.35. The molecule has 3 atom stereocenters. The van der Waals surface area contributed by atoms with Gasteiger partial charge in [0.05, 0.1) is 13.7 Å². The third kappa shape index (κ3) is 2.43. The highest BCUT2D eigenvalue weighted by molar-refractivity contribution is 6.06. The van der Waals surface area contributed by atoms with E-state index < -0.39 is 11.5 Å². The fourth-order valence-electron chi connectivity index (χ4n) is 2.09. The SMILES string of the molecule is COC(=O)[C@H]1N=C(C(C)(C)C2=NC[C@@H](C)O2)O[C@@H]1C. The van der Waals surface area contributed by atoms with Gasteiger partial charge in [0.2, 0.25) is 0 Å². The maximum atomic E-state index is 11.6. The van der Waals surface area contributed by atoms with Crippen LogP contribution in [-0.2, 0) is 19.0 Å². The first-order chi connectivity index (χ1) is 8.86. The van der Waals surface area contributed by atoms with Crippen LogP contribution in [0.15, 0.2) is 9.98 Å².